The Morgan fingerprint density at radius 2 is 1.73 bits per heavy atom. The number of amides is 1. The Morgan fingerprint density at radius 1 is 1.00 bits per heavy atom. The Labute approximate surface area is 183 Å². The Morgan fingerprint density at radius 3 is 2.57 bits per heavy atom. The van der Waals surface area contributed by atoms with Crippen molar-refractivity contribution >= 4 is 39.0 Å². The zero-order chi connectivity index (χ0) is 20.8. The molecular weight excluding hydrogens is 442 g/mol. The van der Waals surface area contributed by atoms with Gasteiger partial charge in [0, 0.05) is 29.2 Å². The molecule has 150 valence electrons. The van der Waals surface area contributed by atoms with Gasteiger partial charge < -0.3 is 9.30 Å². The number of para-hydroxylation sites is 2. The quantitative estimate of drug-likeness (QED) is 0.311. The molecule has 0 fully saturated rings. The second-order valence-electron chi connectivity index (χ2n) is 6.73. The van der Waals surface area contributed by atoms with Gasteiger partial charge in [0.15, 0.2) is 6.61 Å². The highest BCUT2D eigenvalue weighted by atomic mass is 79.9. The summed E-state index contributed by atoms with van der Waals surface area (Å²) >= 11 is 3.39. The number of ether oxygens (including phenoxy) is 1. The molecule has 0 aliphatic rings. The maximum absolute atomic E-state index is 12.1. The number of fused-ring (bicyclic) bond motifs is 1. The van der Waals surface area contributed by atoms with Crippen molar-refractivity contribution in [3.8, 4) is 5.75 Å². The topological polar surface area (TPSA) is 55.6 Å². The molecule has 4 aromatic rings. The first kappa shape index (κ1) is 19.9. The number of halogens is 1. The van der Waals surface area contributed by atoms with Gasteiger partial charge in [-0.3, -0.25) is 4.79 Å². The third-order valence-electron chi connectivity index (χ3n) is 4.60. The number of hydrogen-bond acceptors (Lipinski definition) is 3. The lowest BCUT2D eigenvalue weighted by molar-refractivity contribution is -0.123. The second-order valence-corrected chi connectivity index (χ2v) is 7.58. The molecule has 30 heavy (non-hydrogen) atoms. The zero-order valence-corrected chi connectivity index (χ0v) is 17.7. The van der Waals surface area contributed by atoms with E-state index >= 15 is 0 Å². The first-order valence-corrected chi connectivity index (χ1v) is 10.3. The van der Waals surface area contributed by atoms with Gasteiger partial charge in [0.05, 0.1) is 10.7 Å². The summed E-state index contributed by atoms with van der Waals surface area (Å²) in [5.74, 6) is 0.288. The van der Waals surface area contributed by atoms with Crippen molar-refractivity contribution in [3.63, 3.8) is 0 Å². The molecule has 0 saturated carbocycles. The van der Waals surface area contributed by atoms with E-state index in [4.69, 9.17) is 4.74 Å². The van der Waals surface area contributed by atoms with Crippen LogP contribution in [0.4, 0.5) is 0 Å². The van der Waals surface area contributed by atoms with Crippen LogP contribution in [0.15, 0.2) is 94.6 Å². The highest BCUT2D eigenvalue weighted by molar-refractivity contribution is 9.10. The molecule has 0 unspecified atom stereocenters. The minimum Gasteiger partial charge on any atom is -0.483 e. The molecule has 3 aromatic carbocycles. The Bertz CT molecular complexity index is 1190. The highest BCUT2D eigenvalue weighted by Crippen LogP contribution is 2.23. The lowest BCUT2D eigenvalue weighted by Crippen LogP contribution is -2.24. The fourth-order valence-corrected chi connectivity index (χ4v) is 3.60. The summed E-state index contributed by atoms with van der Waals surface area (Å²) in [6, 6.07) is 25.8. The third kappa shape index (κ3) is 4.78. The normalized spacial score (nSPS) is 11.1. The largest absolute Gasteiger partial charge is 0.483 e. The Hall–Kier alpha value is -3.38. The van der Waals surface area contributed by atoms with Crippen LogP contribution in [-0.2, 0) is 11.3 Å². The van der Waals surface area contributed by atoms with E-state index in [1.54, 1.807) is 12.3 Å². The molecular formula is C24H20BrN3O2. The van der Waals surface area contributed by atoms with Gasteiger partial charge in [0.1, 0.15) is 5.75 Å². The number of rotatable bonds is 7. The van der Waals surface area contributed by atoms with Crippen LogP contribution in [-0.4, -0.2) is 23.3 Å². The summed E-state index contributed by atoms with van der Waals surface area (Å²) < 4.78 is 8.49. The van der Waals surface area contributed by atoms with Gasteiger partial charge >= 0.3 is 0 Å². The standard InChI is InChI=1S/C24H20BrN3O2/c25-21-11-5-7-13-23(21)30-17-24(29)27-26-14-19-16-28(15-18-8-2-1-3-9-18)22-12-6-4-10-20(19)22/h1-14,16H,15,17H2,(H,27,29)/b26-14+. The van der Waals surface area contributed by atoms with Crippen LogP contribution in [0.1, 0.15) is 11.1 Å². The molecule has 0 saturated heterocycles. The first-order chi connectivity index (χ1) is 14.7. The van der Waals surface area contributed by atoms with Crippen molar-refractivity contribution in [2.45, 2.75) is 6.54 Å². The summed E-state index contributed by atoms with van der Waals surface area (Å²) in [5.41, 5.74) is 5.80. The summed E-state index contributed by atoms with van der Waals surface area (Å²) in [7, 11) is 0. The number of hydrogen-bond donors (Lipinski definition) is 1. The van der Waals surface area contributed by atoms with E-state index in [1.807, 2.05) is 54.7 Å². The molecule has 0 spiro atoms. The average Bonchev–Trinajstić information content (AvgIpc) is 3.11. The minimum atomic E-state index is -0.324. The summed E-state index contributed by atoms with van der Waals surface area (Å²) in [6.45, 7) is 0.650. The molecule has 6 heteroatoms. The maximum atomic E-state index is 12.1. The van der Waals surface area contributed by atoms with Crippen LogP contribution in [0.3, 0.4) is 0 Å². The van der Waals surface area contributed by atoms with Gasteiger partial charge in [-0.1, -0.05) is 60.7 Å². The number of nitrogens with zero attached hydrogens (tertiary/aromatic N) is 2. The van der Waals surface area contributed by atoms with Crippen LogP contribution in [0.25, 0.3) is 10.9 Å². The molecule has 0 radical (unpaired) electrons. The molecule has 1 amide bonds. The summed E-state index contributed by atoms with van der Waals surface area (Å²) in [5, 5.41) is 5.20. The van der Waals surface area contributed by atoms with Crippen molar-refractivity contribution in [3.05, 3.63) is 101 Å². The lowest BCUT2D eigenvalue weighted by Gasteiger charge is -2.06. The molecule has 4 rings (SSSR count). The smallest absolute Gasteiger partial charge is 0.277 e. The van der Waals surface area contributed by atoms with Crippen LogP contribution in [0.2, 0.25) is 0 Å². The number of aromatic nitrogens is 1. The predicted octanol–water partition coefficient (Wildman–Crippen LogP) is 4.98. The fourth-order valence-electron chi connectivity index (χ4n) is 3.20. The average molecular weight is 462 g/mol. The first-order valence-electron chi connectivity index (χ1n) is 9.52. The monoisotopic (exact) mass is 461 g/mol. The minimum absolute atomic E-state index is 0.115. The third-order valence-corrected chi connectivity index (χ3v) is 5.26. The van der Waals surface area contributed by atoms with Crippen LogP contribution >= 0.6 is 15.9 Å². The van der Waals surface area contributed by atoms with Crippen molar-refractivity contribution in [2.75, 3.05) is 6.61 Å². The maximum Gasteiger partial charge on any atom is 0.277 e. The van der Waals surface area contributed by atoms with Gasteiger partial charge in [0.2, 0.25) is 0 Å². The molecule has 5 nitrogen and oxygen atoms in total. The van der Waals surface area contributed by atoms with Gasteiger partial charge in [0.25, 0.3) is 5.91 Å². The van der Waals surface area contributed by atoms with Crippen molar-refractivity contribution in [2.24, 2.45) is 5.10 Å². The zero-order valence-electron chi connectivity index (χ0n) is 16.2. The molecule has 0 aliphatic carbocycles. The Balaban J connectivity index is 1.44. The van der Waals surface area contributed by atoms with E-state index in [0.29, 0.717) is 5.75 Å². The van der Waals surface area contributed by atoms with Gasteiger partial charge in [-0.15, -0.1) is 0 Å². The van der Waals surface area contributed by atoms with Gasteiger partial charge in [-0.05, 0) is 39.7 Å². The molecule has 1 aromatic heterocycles. The van der Waals surface area contributed by atoms with Gasteiger partial charge in [-0.2, -0.15) is 5.10 Å². The number of carbonyl (C=O) groups is 1. The molecule has 0 bridgehead atoms. The fraction of sp³-hybridized carbons (Fsp3) is 0.0833. The number of hydrazone groups is 1. The number of benzene rings is 3. The summed E-state index contributed by atoms with van der Waals surface area (Å²) in [6.07, 6.45) is 3.71. The molecule has 1 N–H and O–H groups in total. The van der Waals surface area contributed by atoms with Crippen molar-refractivity contribution in [1.82, 2.24) is 9.99 Å². The molecule has 1 heterocycles. The van der Waals surface area contributed by atoms with E-state index in [-0.39, 0.29) is 12.5 Å². The van der Waals surface area contributed by atoms with E-state index in [9.17, 15) is 4.79 Å². The van der Waals surface area contributed by atoms with E-state index < -0.39 is 0 Å². The second kappa shape index (κ2) is 9.41. The van der Waals surface area contributed by atoms with E-state index in [0.717, 1.165) is 27.5 Å². The van der Waals surface area contributed by atoms with Gasteiger partial charge in [-0.25, -0.2) is 5.43 Å². The van der Waals surface area contributed by atoms with Crippen LogP contribution in [0.5, 0.6) is 5.75 Å². The van der Waals surface area contributed by atoms with Crippen molar-refractivity contribution in [1.29, 1.82) is 0 Å². The van der Waals surface area contributed by atoms with Crippen LogP contribution in [0, 0.1) is 0 Å². The van der Waals surface area contributed by atoms with Crippen LogP contribution < -0.4 is 10.2 Å². The molecule has 0 aliphatic heterocycles. The van der Waals surface area contributed by atoms with E-state index in [1.165, 1.54) is 5.56 Å². The summed E-state index contributed by atoms with van der Waals surface area (Å²) in [4.78, 5) is 12.1. The Kier molecular flexibility index (Phi) is 6.25. The lowest BCUT2D eigenvalue weighted by atomic mass is 10.2. The SMILES string of the molecule is O=C(COc1ccccc1Br)N/N=C/c1cn(Cc2ccccc2)c2ccccc12. The van der Waals surface area contributed by atoms with Crippen molar-refractivity contribution < 1.29 is 9.53 Å². The predicted molar refractivity (Wildman–Crippen MR) is 123 cm³/mol. The highest BCUT2D eigenvalue weighted by Gasteiger charge is 2.08. The number of nitrogens with one attached hydrogen (secondary N) is 1. The van der Waals surface area contributed by atoms with E-state index in [2.05, 4.69) is 55.3 Å². The number of carbonyl (C=O) groups excluding carboxylic acids is 1. The molecule has 0 atom stereocenters.